The molecule has 164 valence electrons. The smallest absolute Gasteiger partial charge is 0.307 e. The average Bonchev–Trinajstić information content (AvgIpc) is 3.22. The van der Waals surface area contributed by atoms with Crippen LogP contribution in [-0.4, -0.2) is 37.7 Å². The SMILES string of the molecule is CC(C)c1cccc(-c2ccnc(OCC(C)(C)n3ncc(SN)n3)c2)c1CC(=O)O. The molecule has 0 aliphatic carbocycles. The Morgan fingerprint density at radius 3 is 2.74 bits per heavy atom. The number of pyridine rings is 1. The van der Waals surface area contributed by atoms with Gasteiger partial charge in [-0.3, -0.25) is 9.93 Å². The Hall–Kier alpha value is -2.91. The Morgan fingerprint density at radius 1 is 1.32 bits per heavy atom. The summed E-state index contributed by atoms with van der Waals surface area (Å²) in [6.07, 6.45) is 3.23. The molecule has 0 radical (unpaired) electrons. The summed E-state index contributed by atoms with van der Waals surface area (Å²) in [5.41, 5.74) is 3.06. The van der Waals surface area contributed by atoms with Crippen molar-refractivity contribution in [3.05, 3.63) is 53.9 Å². The van der Waals surface area contributed by atoms with Crippen molar-refractivity contribution in [3.8, 4) is 17.0 Å². The van der Waals surface area contributed by atoms with E-state index in [0.29, 0.717) is 17.5 Å². The standard InChI is InChI=1S/C22H27N5O3S/c1-14(2)16-6-5-7-17(18(16)11-21(28)29)15-8-9-24-19(10-15)30-13-22(3,4)27-25-12-20(26-27)31-23/h5-10,12,14H,11,13,23H2,1-4H3,(H,28,29). The maximum absolute atomic E-state index is 11.5. The van der Waals surface area contributed by atoms with Gasteiger partial charge in [0.15, 0.2) is 5.03 Å². The van der Waals surface area contributed by atoms with Crippen molar-refractivity contribution in [2.45, 2.75) is 50.6 Å². The summed E-state index contributed by atoms with van der Waals surface area (Å²) in [4.78, 5) is 17.4. The zero-order chi connectivity index (χ0) is 22.6. The summed E-state index contributed by atoms with van der Waals surface area (Å²) in [5.74, 6) is -0.198. The number of aromatic nitrogens is 4. The summed E-state index contributed by atoms with van der Waals surface area (Å²) in [6, 6.07) is 9.57. The Bertz CT molecular complexity index is 1060. The van der Waals surface area contributed by atoms with E-state index in [9.17, 15) is 9.90 Å². The highest BCUT2D eigenvalue weighted by molar-refractivity contribution is 7.97. The van der Waals surface area contributed by atoms with Crippen molar-refractivity contribution in [3.63, 3.8) is 0 Å². The fourth-order valence-corrected chi connectivity index (χ4v) is 3.56. The molecule has 0 saturated carbocycles. The Kier molecular flexibility index (Phi) is 6.97. The van der Waals surface area contributed by atoms with Crippen molar-refractivity contribution in [1.82, 2.24) is 20.0 Å². The van der Waals surface area contributed by atoms with E-state index < -0.39 is 11.5 Å². The summed E-state index contributed by atoms with van der Waals surface area (Å²) < 4.78 is 5.96. The lowest BCUT2D eigenvalue weighted by molar-refractivity contribution is -0.136. The zero-order valence-corrected chi connectivity index (χ0v) is 18.9. The van der Waals surface area contributed by atoms with Crippen LogP contribution in [0.4, 0.5) is 0 Å². The summed E-state index contributed by atoms with van der Waals surface area (Å²) in [7, 11) is 0. The molecule has 3 N–H and O–H groups in total. The van der Waals surface area contributed by atoms with Gasteiger partial charge in [0.25, 0.3) is 0 Å². The molecule has 0 aliphatic rings. The third kappa shape index (κ3) is 5.42. The normalized spacial score (nSPS) is 11.7. The molecule has 0 bridgehead atoms. The Morgan fingerprint density at radius 2 is 2.10 bits per heavy atom. The first kappa shape index (κ1) is 22.8. The minimum atomic E-state index is -0.858. The molecule has 0 aliphatic heterocycles. The highest BCUT2D eigenvalue weighted by atomic mass is 32.2. The molecule has 0 fully saturated rings. The van der Waals surface area contributed by atoms with Gasteiger partial charge in [-0.15, -0.1) is 5.10 Å². The largest absolute Gasteiger partial charge is 0.481 e. The van der Waals surface area contributed by atoms with Crippen LogP contribution in [0.1, 0.15) is 44.7 Å². The number of aliphatic carboxylic acids is 1. The molecular weight excluding hydrogens is 414 g/mol. The molecule has 0 unspecified atom stereocenters. The molecular formula is C22H27N5O3S. The number of nitrogens with two attached hydrogens (primary N) is 1. The number of carbonyl (C=O) groups is 1. The van der Waals surface area contributed by atoms with E-state index in [1.54, 1.807) is 17.2 Å². The fraction of sp³-hybridized carbons (Fsp3) is 0.364. The highest BCUT2D eigenvalue weighted by Gasteiger charge is 2.25. The van der Waals surface area contributed by atoms with Crippen LogP contribution < -0.4 is 9.88 Å². The lowest BCUT2D eigenvalue weighted by Crippen LogP contribution is -2.35. The number of rotatable bonds is 9. The van der Waals surface area contributed by atoms with Gasteiger partial charge in [-0.2, -0.15) is 9.90 Å². The molecule has 0 saturated heterocycles. The highest BCUT2D eigenvalue weighted by Crippen LogP contribution is 2.32. The van der Waals surface area contributed by atoms with E-state index >= 15 is 0 Å². The third-order valence-corrected chi connectivity index (χ3v) is 5.34. The monoisotopic (exact) mass is 441 g/mol. The number of ether oxygens (including phenoxy) is 1. The van der Waals surface area contributed by atoms with Crippen molar-refractivity contribution >= 4 is 17.9 Å². The molecule has 0 amide bonds. The molecule has 2 heterocycles. The van der Waals surface area contributed by atoms with E-state index in [-0.39, 0.29) is 12.3 Å². The van der Waals surface area contributed by atoms with Gasteiger partial charge in [-0.05, 0) is 60.0 Å². The number of carboxylic acids is 1. The molecule has 2 aromatic heterocycles. The second-order valence-corrected chi connectivity index (χ2v) is 8.83. The molecule has 1 aromatic carbocycles. The van der Waals surface area contributed by atoms with Crippen LogP contribution in [0.25, 0.3) is 11.1 Å². The van der Waals surface area contributed by atoms with Gasteiger partial charge in [-0.25, -0.2) is 4.98 Å². The van der Waals surface area contributed by atoms with Crippen LogP contribution in [0.5, 0.6) is 5.88 Å². The third-order valence-electron chi connectivity index (χ3n) is 4.91. The molecule has 3 aromatic rings. The zero-order valence-electron chi connectivity index (χ0n) is 18.1. The van der Waals surface area contributed by atoms with E-state index in [1.807, 2.05) is 44.2 Å². The van der Waals surface area contributed by atoms with E-state index in [4.69, 9.17) is 9.88 Å². The number of hydrogen-bond acceptors (Lipinski definition) is 7. The summed E-state index contributed by atoms with van der Waals surface area (Å²) in [5, 5.41) is 24.2. The van der Waals surface area contributed by atoms with Gasteiger partial charge in [-0.1, -0.05) is 32.0 Å². The quantitative estimate of drug-likeness (QED) is 0.481. The Balaban J connectivity index is 1.87. The van der Waals surface area contributed by atoms with E-state index in [1.165, 1.54) is 0 Å². The van der Waals surface area contributed by atoms with Crippen molar-refractivity contribution in [2.75, 3.05) is 6.61 Å². The molecule has 0 spiro atoms. The van der Waals surface area contributed by atoms with Gasteiger partial charge in [0, 0.05) is 12.3 Å². The maximum atomic E-state index is 11.5. The first-order valence-electron chi connectivity index (χ1n) is 9.93. The number of carboxylic acid groups (broad SMARTS) is 1. The molecule has 9 heteroatoms. The lowest BCUT2D eigenvalue weighted by atomic mass is 9.89. The first-order chi connectivity index (χ1) is 14.7. The molecule has 0 atom stereocenters. The predicted molar refractivity (Wildman–Crippen MR) is 120 cm³/mol. The van der Waals surface area contributed by atoms with Crippen molar-refractivity contribution in [1.29, 1.82) is 0 Å². The molecule has 31 heavy (non-hydrogen) atoms. The van der Waals surface area contributed by atoms with Gasteiger partial charge < -0.3 is 9.84 Å². The molecule has 3 rings (SSSR count). The Labute approximate surface area is 186 Å². The second-order valence-electron chi connectivity index (χ2n) is 8.17. The second kappa shape index (κ2) is 9.49. The topological polar surface area (TPSA) is 116 Å². The van der Waals surface area contributed by atoms with Crippen LogP contribution in [-0.2, 0) is 16.8 Å². The van der Waals surface area contributed by atoms with E-state index in [0.717, 1.165) is 34.2 Å². The molecule has 8 nitrogen and oxygen atoms in total. The van der Waals surface area contributed by atoms with Gasteiger partial charge in [0.05, 0.1) is 12.6 Å². The minimum Gasteiger partial charge on any atom is -0.481 e. The van der Waals surface area contributed by atoms with Crippen LogP contribution in [0, 0.1) is 0 Å². The van der Waals surface area contributed by atoms with Gasteiger partial charge in [0.2, 0.25) is 5.88 Å². The first-order valence-corrected chi connectivity index (χ1v) is 10.8. The maximum Gasteiger partial charge on any atom is 0.307 e. The van der Waals surface area contributed by atoms with Gasteiger partial charge >= 0.3 is 5.97 Å². The van der Waals surface area contributed by atoms with E-state index in [2.05, 4.69) is 29.0 Å². The minimum absolute atomic E-state index is 0.0400. The number of nitrogens with zero attached hydrogens (tertiary/aromatic N) is 4. The van der Waals surface area contributed by atoms with Crippen LogP contribution in [0.2, 0.25) is 0 Å². The van der Waals surface area contributed by atoms with Crippen LogP contribution in [0.15, 0.2) is 47.8 Å². The van der Waals surface area contributed by atoms with Crippen molar-refractivity contribution < 1.29 is 14.6 Å². The summed E-state index contributed by atoms with van der Waals surface area (Å²) in [6.45, 7) is 8.33. The fourth-order valence-electron chi connectivity index (χ4n) is 3.32. The van der Waals surface area contributed by atoms with Crippen LogP contribution >= 0.6 is 11.9 Å². The van der Waals surface area contributed by atoms with Crippen molar-refractivity contribution in [2.24, 2.45) is 5.14 Å². The predicted octanol–water partition coefficient (Wildman–Crippen LogP) is 3.87. The summed E-state index contributed by atoms with van der Waals surface area (Å²) >= 11 is 1.04. The number of benzene rings is 1. The van der Waals surface area contributed by atoms with Gasteiger partial charge in [0.1, 0.15) is 12.1 Å². The lowest BCUT2D eigenvalue weighted by Gasteiger charge is -2.23. The van der Waals surface area contributed by atoms with Crippen LogP contribution in [0.3, 0.4) is 0 Å². The average molecular weight is 442 g/mol. The number of hydrogen-bond donors (Lipinski definition) is 2.